The minimum absolute atomic E-state index is 0.146. The minimum Gasteiger partial charge on any atom is -0.312 e. The lowest BCUT2D eigenvalue weighted by Gasteiger charge is -2.20. The highest BCUT2D eigenvalue weighted by atomic mass is 32.2. The third kappa shape index (κ3) is 2.39. The lowest BCUT2D eigenvalue weighted by Crippen LogP contribution is -2.33. The van der Waals surface area contributed by atoms with Crippen LogP contribution in [0.4, 0.5) is 0 Å². The molecular formula is C17H19NO2S. The smallest absolute Gasteiger partial charge is 0.183 e. The summed E-state index contributed by atoms with van der Waals surface area (Å²) in [6.07, 6.45) is 0.567. The van der Waals surface area contributed by atoms with Gasteiger partial charge in [0.2, 0.25) is 0 Å². The van der Waals surface area contributed by atoms with Crippen LogP contribution in [0.25, 0.3) is 0 Å². The molecule has 1 aliphatic rings. The largest absolute Gasteiger partial charge is 0.312 e. The molecule has 21 heavy (non-hydrogen) atoms. The van der Waals surface area contributed by atoms with Crippen LogP contribution in [0.1, 0.15) is 22.7 Å². The second-order valence-electron chi connectivity index (χ2n) is 5.57. The molecule has 4 heteroatoms. The van der Waals surface area contributed by atoms with Crippen LogP contribution in [0, 0.1) is 6.92 Å². The summed E-state index contributed by atoms with van der Waals surface area (Å²) >= 11 is 0. The Kier molecular flexibility index (Phi) is 3.59. The lowest BCUT2D eigenvalue weighted by molar-refractivity contribution is 0.536. The van der Waals surface area contributed by atoms with Gasteiger partial charge >= 0.3 is 0 Å². The SMILES string of the molecule is CNC1c2ccccc2CC1S(=O)(=O)c1ccc(C)cc1. The second-order valence-corrected chi connectivity index (χ2v) is 7.73. The summed E-state index contributed by atoms with van der Waals surface area (Å²) in [5.41, 5.74) is 3.28. The van der Waals surface area contributed by atoms with E-state index in [1.165, 1.54) is 0 Å². The van der Waals surface area contributed by atoms with Crippen molar-refractivity contribution in [2.45, 2.75) is 29.5 Å². The highest BCUT2D eigenvalue weighted by Gasteiger charge is 2.40. The van der Waals surface area contributed by atoms with Gasteiger partial charge in [0.15, 0.2) is 9.84 Å². The fourth-order valence-corrected chi connectivity index (χ4v) is 5.00. The number of hydrogen-bond donors (Lipinski definition) is 1. The summed E-state index contributed by atoms with van der Waals surface area (Å²) in [5, 5.41) is 2.74. The van der Waals surface area contributed by atoms with Crippen LogP contribution in [-0.2, 0) is 16.3 Å². The Bertz CT molecular complexity index is 751. The third-order valence-corrected chi connectivity index (χ3v) is 6.41. The predicted molar refractivity (Wildman–Crippen MR) is 84.1 cm³/mol. The van der Waals surface area contributed by atoms with Crippen molar-refractivity contribution in [3.05, 3.63) is 65.2 Å². The normalized spacial score (nSPS) is 21.2. The van der Waals surface area contributed by atoms with Crippen molar-refractivity contribution in [2.24, 2.45) is 0 Å². The molecule has 0 fully saturated rings. The molecule has 2 atom stereocenters. The van der Waals surface area contributed by atoms with E-state index in [9.17, 15) is 8.42 Å². The Morgan fingerprint density at radius 1 is 1.05 bits per heavy atom. The fraction of sp³-hybridized carbons (Fsp3) is 0.294. The van der Waals surface area contributed by atoms with Gasteiger partial charge in [-0.15, -0.1) is 0 Å². The zero-order valence-electron chi connectivity index (χ0n) is 12.2. The van der Waals surface area contributed by atoms with E-state index >= 15 is 0 Å². The Labute approximate surface area is 125 Å². The number of aryl methyl sites for hydroxylation is 1. The zero-order valence-corrected chi connectivity index (χ0v) is 13.0. The molecule has 3 nitrogen and oxygen atoms in total. The fourth-order valence-electron chi connectivity index (χ4n) is 3.09. The number of sulfone groups is 1. The molecule has 0 aromatic heterocycles. The maximum atomic E-state index is 12.9. The van der Waals surface area contributed by atoms with Crippen molar-refractivity contribution in [1.29, 1.82) is 0 Å². The van der Waals surface area contributed by atoms with E-state index in [1.54, 1.807) is 12.1 Å². The zero-order chi connectivity index (χ0) is 15.0. The van der Waals surface area contributed by atoms with E-state index in [-0.39, 0.29) is 6.04 Å². The van der Waals surface area contributed by atoms with Gasteiger partial charge in [-0.25, -0.2) is 8.42 Å². The Morgan fingerprint density at radius 3 is 2.38 bits per heavy atom. The van der Waals surface area contributed by atoms with Gasteiger partial charge in [0.25, 0.3) is 0 Å². The van der Waals surface area contributed by atoms with Gasteiger partial charge in [0.1, 0.15) is 0 Å². The standard InChI is InChI=1S/C17H19NO2S/c1-12-7-9-14(10-8-12)21(19,20)16-11-13-5-3-4-6-15(13)17(16)18-2/h3-10,16-18H,11H2,1-2H3. The first kappa shape index (κ1) is 14.3. The van der Waals surface area contributed by atoms with Crippen molar-refractivity contribution in [3.63, 3.8) is 0 Å². The van der Waals surface area contributed by atoms with Gasteiger partial charge in [-0.1, -0.05) is 42.0 Å². The molecular weight excluding hydrogens is 282 g/mol. The molecule has 3 rings (SSSR count). The van der Waals surface area contributed by atoms with Crippen LogP contribution in [0.15, 0.2) is 53.4 Å². The Hall–Kier alpha value is -1.65. The molecule has 2 unspecified atom stereocenters. The van der Waals surface area contributed by atoms with E-state index in [2.05, 4.69) is 5.32 Å². The van der Waals surface area contributed by atoms with Crippen LogP contribution in [0.5, 0.6) is 0 Å². The van der Waals surface area contributed by atoms with Gasteiger partial charge in [0, 0.05) is 6.04 Å². The monoisotopic (exact) mass is 301 g/mol. The second kappa shape index (κ2) is 5.28. The van der Waals surface area contributed by atoms with E-state index < -0.39 is 15.1 Å². The van der Waals surface area contributed by atoms with Crippen LogP contribution in [0.3, 0.4) is 0 Å². The van der Waals surface area contributed by atoms with E-state index in [0.29, 0.717) is 11.3 Å². The highest BCUT2D eigenvalue weighted by molar-refractivity contribution is 7.92. The van der Waals surface area contributed by atoms with Gasteiger partial charge in [-0.05, 0) is 43.7 Å². The van der Waals surface area contributed by atoms with Crippen molar-refractivity contribution < 1.29 is 8.42 Å². The average Bonchev–Trinajstić information content (AvgIpc) is 2.87. The summed E-state index contributed by atoms with van der Waals surface area (Å²) in [4.78, 5) is 0.408. The van der Waals surface area contributed by atoms with Crippen LogP contribution < -0.4 is 5.32 Å². The first-order valence-electron chi connectivity index (χ1n) is 7.09. The summed E-state index contributed by atoms with van der Waals surface area (Å²) in [5.74, 6) is 0. The van der Waals surface area contributed by atoms with Gasteiger partial charge in [-0.3, -0.25) is 0 Å². The molecule has 1 aliphatic carbocycles. The quantitative estimate of drug-likeness (QED) is 0.948. The van der Waals surface area contributed by atoms with Crippen molar-refractivity contribution in [3.8, 4) is 0 Å². The molecule has 2 aromatic rings. The Balaban J connectivity index is 2.03. The van der Waals surface area contributed by atoms with E-state index in [0.717, 1.165) is 16.7 Å². The number of rotatable bonds is 3. The van der Waals surface area contributed by atoms with Gasteiger partial charge in [-0.2, -0.15) is 0 Å². The summed E-state index contributed by atoms with van der Waals surface area (Å²) in [6.45, 7) is 1.96. The minimum atomic E-state index is -3.35. The maximum Gasteiger partial charge on any atom is 0.183 e. The predicted octanol–water partition coefficient (Wildman–Crippen LogP) is 2.65. The van der Waals surface area contributed by atoms with Crippen molar-refractivity contribution >= 4 is 9.84 Å². The molecule has 0 aliphatic heterocycles. The molecule has 0 saturated carbocycles. The molecule has 0 amide bonds. The average molecular weight is 301 g/mol. The molecule has 110 valence electrons. The molecule has 0 heterocycles. The molecule has 0 saturated heterocycles. The maximum absolute atomic E-state index is 12.9. The topological polar surface area (TPSA) is 46.2 Å². The highest BCUT2D eigenvalue weighted by Crippen LogP contribution is 2.37. The van der Waals surface area contributed by atoms with Crippen molar-refractivity contribution in [1.82, 2.24) is 5.32 Å². The summed E-state index contributed by atoms with van der Waals surface area (Å²) < 4.78 is 25.9. The number of nitrogens with one attached hydrogen (secondary N) is 1. The Morgan fingerprint density at radius 2 is 1.71 bits per heavy atom. The van der Waals surface area contributed by atoms with Crippen LogP contribution >= 0.6 is 0 Å². The van der Waals surface area contributed by atoms with E-state index in [4.69, 9.17) is 0 Å². The van der Waals surface area contributed by atoms with Gasteiger partial charge < -0.3 is 5.32 Å². The molecule has 0 radical (unpaired) electrons. The number of fused-ring (bicyclic) bond motifs is 1. The number of hydrogen-bond acceptors (Lipinski definition) is 3. The lowest BCUT2D eigenvalue weighted by atomic mass is 10.1. The van der Waals surface area contributed by atoms with Crippen LogP contribution in [0.2, 0.25) is 0 Å². The molecule has 1 N–H and O–H groups in total. The van der Waals surface area contributed by atoms with Gasteiger partial charge in [0.05, 0.1) is 10.1 Å². The molecule has 2 aromatic carbocycles. The number of benzene rings is 2. The van der Waals surface area contributed by atoms with E-state index in [1.807, 2.05) is 50.4 Å². The van der Waals surface area contributed by atoms with Crippen molar-refractivity contribution in [2.75, 3.05) is 7.05 Å². The molecule has 0 spiro atoms. The first-order chi connectivity index (χ1) is 10.0. The summed E-state index contributed by atoms with van der Waals surface area (Å²) in [6, 6.07) is 14.9. The summed E-state index contributed by atoms with van der Waals surface area (Å²) in [7, 11) is -1.52. The van der Waals surface area contributed by atoms with Crippen LogP contribution in [-0.4, -0.2) is 20.7 Å². The third-order valence-electron chi connectivity index (χ3n) is 4.24. The molecule has 0 bridgehead atoms. The first-order valence-corrected chi connectivity index (χ1v) is 8.64.